The fourth-order valence-electron chi connectivity index (χ4n) is 5.44. The molecule has 0 bridgehead atoms. The molecule has 0 amide bonds. The molecule has 3 aromatic rings. The van der Waals surface area contributed by atoms with Gasteiger partial charge >= 0.3 is 0 Å². The Bertz CT molecular complexity index is 1050. The third-order valence-corrected chi connectivity index (χ3v) is 7.12. The zero-order valence-electron chi connectivity index (χ0n) is 17.9. The summed E-state index contributed by atoms with van der Waals surface area (Å²) in [5.41, 5.74) is 3.12. The summed E-state index contributed by atoms with van der Waals surface area (Å²) in [6, 6.07) is 10.3. The Hall–Kier alpha value is -2.60. The monoisotopic (exact) mass is 425 g/mol. The van der Waals surface area contributed by atoms with Crippen molar-refractivity contribution in [2.75, 3.05) is 38.2 Å². The maximum Gasteiger partial charge on any atom is 0.142 e. The lowest BCUT2D eigenvalue weighted by atomic mass is 9.81. The molecule has 31 heavy (non-hydrogen) atoms. The first kappa shape index (κ1) is 20.3. The normalized spacial score (nSPS) is 22.7. The first-order valence-electron chi connectivity index (χ1n) is 11.2. The van der Waals surface area contributed by atoms with Crippen LogP contribution in [0.15, 0.2) is 42.6 Å². The van der Waals surface area contributed by atoms with Crippen LogP contribution in [-0.4, -0.2) is 49.2 Å². The number of hydrogen-bond donors (Lipinski definition) is 1. The van der Waals surface area contributed by atoms with Gasteiger partial charge in [0.25, 0.3) is 0 Å². The molecule has 1 aliphatic heterocycles. The molecular formula is C25H29F2N3O. The minimum Gasteiger partial charge on any atom is -0.495 e. The molecule has 2 aliphatic rings. The Morgan fingerprint density at radius 1 is 0.903 bits per heavy atom. The fraction of sp³-hybridized carbons (Fsp3) is 0.440. The molecule has 0 radical (unpaired) electrons. The van der Waals surface area contributed by atoms with Gasteiger partial charge in [-0.2, -0.15) is 0 Å². The zero-order valence-corrected chi connectivity index (χ0v) is 17.9. The van der Waals surface area contributed by atoms with E-state index in [9.17, 15) is 8.78 Å². The number of rotatable bonds is 4. The second-order valence-corrected chi connectivity index (χ2v) is 8.78. The summed E-state index contributed by atoms with van der Waals surface area (Å²) in [5, 5.41) is 1.03. The molecule has 1 N–H and O–H groups in total. The average molecular weight is 426 g/mol. The molecule has 2 fully saturated rings. The summed E-state index contributed by atoms with van der Waals surface area (Å²) in [6.07, 6.45) is 6.66. The van der Waals surface area contributed by atoms with E-state index in [1.165, 1.54) is 17.7 Å². The van der Waals surface area contributed by atoms with Crippen LogP contribution in [0, 0.1) is 11.6 Å². The second-order valence-electron chi connectivity index (χ2n) is 8.78. The number of nitrogens with zero attached hydrogens (tertiary/aromatic N) is 2. The molecule has 0 unspecified atom stereocenters. The van der Waals surface area contributed by atoms with E-state index < -0.39 is 0 Å². The summed E-state index contributed by atoms with van der Waals surface area (Å²) in [4.78, 5) is 8.12. The summed E-state index contributed by atoms with van der Waals surface area (Å²) in [7, 11) is 1.63. The predicted octanol–water partition coefficient (Wildman–Crippen LogP) is 5.30. The average Bonchev–Trinajstić information content (AvgIpc) is 3.22. The van der Waals surface area contributed by atoms with Gasteiger partial charge in [0.1, 0.15) is 17.4 Å². The van der Waals surface area contributed by atoms with Crippen LogP contribution in [0.4, 0.5) is 14.5 Å². The summed E-state index contributed by atoms with van der Waals surface area (Å²) in [5.74, 6) is 0.818. The zero-order chi connectivity index (χ0) is 21.4. The number of anilines is 1. The Labute approximate surface area is 181 Å². The van der Waals surface area contributed by atoms with Crippen LogP contribution in [0.1, 0.15) is 37.2 Å². The van der Waals surface area contributed by atoms with Crippen molar-refractivity contribution in [3.8, 4) is 5.75 Å². The van der Waals surface area contributed by atoms with E-state index in [1.54, 1.807) is 25.3 Å². The second kappa shape index (κ2) is 8.50. The largest absolute Gasteiger partial charge is 0.495 e. The number of aromatic nitrogens is 1. The molecule has 2 aromatic carbocycles. The lowest BCUT2D eigenvalue weighted by molar-refractivity contribution is 0.141. The van der Waals surface area contributed by atoms with Crippen LogP contribution in [0.3, 0.4) is 0 Å². The van der Waals surface area contributed by atoms with Crippen LogP contribution < -0.4 is 9.64 Å². The molecule has 0 atom stereocenters. The summed E-state index contributed by atoms with van der Waals surface area (Å²) >= 11 is 0. The number of benzene rings is 2. The van der Waals surface area contributed by atoms with Crippen LogP contribution in [0.5, 0.6) is 5.75 Å². The van der Waals surface area contributed by atoms with Crippen LogP contribution in [0.2, 0.25) is 0 Å². The fourth-order valence-corrected chi connectivity index (χ4v) is 5.44. The van der Waals surface area contributed by atoms with Gasteiger partial charge in [0.15, 0.2) is 0 Å². The number of piperazine rings is 1. The number of hydrogen-bond acceptors (Lipinski definition) is 3. The maximum absolute atomic E-state index is 13.8. The van der Waals surface area contributed by atoms with Crippen molar-refractivity contribution in [1.82, 2.24) is 9.88 Å². The number of H-pyrrole nitrogens is 1. The van der Waals surface area contributed by atoms with Gasteiger partial charge < -0.3 is 14.6 Å². The van der Waals surface area contributed by atoms with Crippen molar-refractivity contribution < 1.29 is 13.5 Å². The number of aromatic amines is 1. The molecule has 1 aliphatic carbocycles. The predicted molar refractivity (Wildman–Crippen MR) is 120 cm³/mol. The van der Waals surface area contributed by atoms with Gasteiger partial charge in [-0.15, -0.1) is 0 Å². The molecule has 1 saturated heterocycles. The standard InChI is InChI=1S/C25H29F2N3O/c1-31-25-9-5-19(27)15-24(25)30-12-10-29(11-13-30)20-6-2-17(3-7-20)22-16-28-23-8-4-18(26)14-21(22)23/h4-5,8-9,14-17,20,28H,2-3,6-7,10-13H2,1H3. The van der Waals surface area contributed by atoms with Crippen molar-refractivity contribution in [3.63, 3.8) is 0 Å². The van der Waals surface area contributed by atoms with E-state index in [-0.39, 0.29) is 11.6 Å². The topological polar surface area (TPSA) is 31.5 Å². The quantitative estimate of drug-likeness (QED) is 0.615. The van der Waals surface area contributed by atoms with E-state index in [4.69, 9.17) is 4.74 Å². The van der Waals surface area contributed by atoms with Crippen molar-refractivity contribution in [1.29, 1.82) is 0 Å². The molecule has 5 rings (SSSR count). The molecule has 0 spiro atoms. The van der Waals surface area contributed by atoms with Crippen molar-refractivity contribution in [3.05, 3.63) is 59.8 Å². The minimum absolute atomic E-state index is 0.171. The van der Waals surface area contributed by atoms with Gasteiger partial charge in [0, 0.05) is 55.4 Å². The van der Waals surface area contributed by atoms with E-state index in [1.807, 2.05) is 6.07 Å². The van der Waals surface area contributed by atoms with E-state index in [0.29, 0.717) is 12.0 Å². The van der Waals surface area contributed by atoms with Gasteiger partial charge in [-0.1, -0.05) is 0 Å². The third kappa shape index (κ3) is 4.01. The number of halogens is 2. The molecular weight excluding hydrogens is 396 g/mol. The number of methoxy groups -OCH3 is 1. The highest BCUT2D eigenvalue weighted by Crippen LogP contribution is 2.38. The number of fused-ring (bicyclic) bond motifs is 1. The van der Waals surface area contributed by atoms with Crippen molar-refractivity contribution in [2.24, 2.45) is 0 Å². The van der Waals surface area contributed by atoms with E-state index >= 15 is 0 Å². The highest BCUT2D eigenvalue weighted by atomic mass is 19.1. The van der Waals surface area contributed by atoms with Crippen LogP contribution in [-0.2, 0) is 0 Å². The molecule has 1 aromatic heterocycles. The van der Waals surface area contributed by atoms with E-state index in [2.05, 4.69) is 21.0 Å². The Morgan fingerprint density at radius 2 is 1.61 bits per heavy atom. The first-order valence-corrected chi connectivity index (χ1v) is 11.2. The van der Waals surface area contributed by atoms with Gasteiger partial charge in [0.2, 0.25) is 0 Å². The third-order valence-electron chi connectivity index (χ3n) is 7.12. The van der Waals surface area contributed by atoms with Gasteiger partial charge in [-0.05, 0) is 67.5 Å². The maximum atomic E-state index is 13.8. The highest BCUT2D eigenvalue weighted by molar-refractivity contribution is 5.83. The number of nitrogens with one attached hydrogen (secondary N) is 1. The van der Waals surface area contributed by atoms with Gasteiger partial charge in [-0.3, -0.25) is 4.90 Å². The van der Waals surface area contributed by atoms with Crippen LogP contribution in [0.25, 0.3) is 10.9 Å². The Kier molecular flexibility index (Phi) is 5.57. The van der Waals surface area contributed by atoms with E-state index in [0.717, 1.165) is 74.2 Å². The van der Waals surface area contributed by atoms with Gasteiger partial charge in [-0.25, -0.2) is 8.78 Å². The first-order chi connectivity index (χ1) is 15.1. The molecule has 164 valence electrons. The van der Waals surface area contributed by atoms with Gasteiger partial charge in [0.05, 0.1) is 12.8 Å². The molecule has 1 saturated carbocycles. The van der Waals surface area contributed by atoms with Crippen molar-refractivity contribution >= 4 is 16.6 Å². The SMILES string of the molecule is COc1ccc(F)cc1N1CCN(C2CCC(c3c[nH]c4ccc(F)cc34)CC2)CC1. The molecule has 2 heterocycles. The lowest BCUT2D eigenvalue weighted by Gasteiger charge is -2.42. The Balaban J connectivity index is 1.20. The summed E-state index contributed by atoms with van der Waals surface area (Å²) in [6.45, 7) is 3.71. The number of ether oxygens (including phenoxy) is 1. The minimum atomic E-state index is -0.228. The lowest BCUT2D eigenvalue weighted by Crippen LogP contribution is -2.51. The highest BCUT2D eigenvalue weighted by Gasteiger charge is 2.30. The smallest absolute Gasteiger partial charge is 0.142 e. The van der Waals surface area contributed by atoms with Crippen molar-refractivity contribution in [2.45, 2.75) is 37.6 Å². The molecule has 4 nitrogen and oxygen atoms in total. The summed E-state index contributed by atoms with van der Waals surface area (Å²) < 4.78 is 32.9. The Morgan fingerprint density at radius 3 is 2.35 bits per heavy atom. The van der Waals surface area contributed by atoms with Crippen LogP contribution >= 0.6 is 0 Å². The molecule has 6 heteroatoms.